The Hall–Kier alpha value is -0.600. The Bertz CT molecular complexity index is 256. The summed E-state index contributed by atoms with van der Waals surface area (Å²) in [7, 11) is 0. The van der Waals surface area contributed by atoms with Gasteiger partial charge in [0, 0.05) is 5.41 Å². The molecule has 0 saturated carbocycles. The minimum absolute atomic E-state index is 0.0848. The van der Waals surface area contributed by atoms with Gasteiger partial charge in [-0.05, 0) is 33.1 Å². The van der Waals surface area contributed by atoms with E-state index in [0.717, 1.165) is 32.5 Å². The van der Waals surface area contributed by atoms with Crippen LogP contribution in [0.4, 0.5) is 0 Å². The lowest BCUT2D eigenvalue weighted by atomic mass is 9.81. The molecule has 0 spiro atoms. The summed E-state index contributed by atoms with van der Waals surface area (Å²) < 4.78 is 11.6. The van der Waals surface area contributed by atoms with Crippen molar-refractivity contribution in [2.75, 3.05) is 13.2 Å². The van der Waals surface area contributed by atoms with Crippen LogP contribution < -0.4 is 0 Å². The summed E-state index contributed by atoms with van der Waals surface area (Å²) in [4.78, 5) is 0. The second kappa shape index (κ2) is 6.36. The van der Waals surface area contributed by atoms with Crippen LogP contribution >= 0.6 is 0 Å². The zero-order chi connectivity index (χ0) is 12.8. The lowest BCUT2D eigenvalue weighted by molar-refractivity contribution is -0.284. The van der Waals surface area contributed by atoms with Crippen molar-refractivity contribution in [1.82, 2.24) is 0 Å². The van der Waals surface area contributed by atoms with Gasteiger partial charge in [0.25, 0.3) is 0 Å². The third-order valence-corrected chi connectivity index (χ3v) is 3.20. The van der Waals surface area contributed by atoms with E-state index in [1.54, 1.807) is 0 Å². The van der Waals surface area contributed by atoms with E-state index in [0.29, 0.717) is 0 Å². The Labute approximate surface area is 106 Å². The first-order valence-electron chi connectivity index (χ1n) is 6.57. The molecule has 0 N–H and O–H groups in total. The minimum atomic E-state index is -0.433. The fourth-order valence-corrected chi connectivity index (χ4v) is 1.98. The molecule has 1 heterocycles. The summed E-state index contributed by atoms with van der Waals surface area (Å²) in [6.07, 6.45) is 10.8. The molecule has 0 aromatic heterocycles. The SMILES string of the molecule is C=CCC1(CC=CCCC)COC(C)(C)OC1. The number of unbranched alkanes of at least 4 members (excludes halogenated alkanes) is 1. The molecule has 2 nitrogen and oxygen atoms in total. The van der Waals surface area contributed by atoms with Gasteiger partial charge in [0.05, 0.1) is 13.2 Å². The number of rotatable bonds is 6. The average molecular weight is 238 g/mol. The monoisotopic (exact) mass is 238 g/mol. The predicted octanol–water partition coefficient (Wildman–Crippen LogP) is 4.08. The van der Waals surface area contributed by atoms with E-state index in [9.17, 15) is 0 Å². The highest BCUT2D eigenvalue weighted by Gasteiger charge is 2.38. The van der Waals surface area contributed by atoms with E-state index in [1.165, 1.54) is 6.42 Å². The standard InChI is InChI=1S/C15H26O2/c1-5-7-8-9-11-15(10-6-2)12-16-14(3,4)17-13-15/h6,8-9H,2,5,7,10-13H2,1,3-4H3. The Morgan fingerprint density at radius 2 is 1.76 bits per heavy atom. The van der Waals surface area contributed by atoms with Crippen LogP contribution in [0.5, 0.6) is 0 Å². The van der Waals surface area contributed by atoms with Gasteiger partial charge in [0.2, 0.25) is 0 Å². The molecule has 1 fully saturated rings. The first-order valence-corrected chi connectivity index (χ1v) is 6.57. The molecule has 0 bridgehead atoms. The zero-order valence-electron chi connectivity index (χ0n) is 11.5. The molecule has 0 unspecified atom stereocenters. The summed E-state index contributed by atoms with van der Waals surface area (Å²) in [5.41, 5.74) is 0.0848. The topological polar surface area (TPSA) is 18.5 Å². The third-order valence-electron chi connectivity index (χ3n) is 3.20. The van der Waals surface area contributed by atoms with Crippen molar-refractivity contribution in [3.05, 3.63) is 24.8 Å². The Morgan fingerprint density at radius 3 is 2.29 bits per heavy atom. The Kier molecular flexibility index (Phi) is 5.41. The van der Waals surface area contributed by atoms with Crippen LogP contribution in [-0.4, -0.2) is 19.0 Å². The summed E-state index contributed by atoms with van der Waals surface area (Å²) >= 11 is 0. The maximum absolute atomic E-state index is 5.79. The largest absolute Gasteiger partial charge is 0.350 e. The van der Waals surface area contributed by atoms with Gasteiger partial charge in [-0.15, -0.1) is 6.58 Å². The lowest BCUT2D eigenvalue weighted by Crippen LogP contribution is -2.46. The maximum Gasteiger partial charge on any atom is 0.162 e. The Balaban J connectivity index is 2.55. The number of hydrogen-bond acceptors (Lipinski definition) is 2. The predicted molar refractivity (Wildman–Crippen MR) is 71.9 cm³/mol. The van der Waals surface area contributed by atoms with Crippen LogP contribution in [0, 0.1) is 5.41 Å². The molecule has 98 valence electrons. The van der Waals surface area contributed by atoms with Gasteiger partial charge in [-0.3, -0.25) is 0 Å². The first-order chi connectivity index (χ1) is 8.04. The van der Waals surface area contributed by atoms with E-state index in [-0.39, 0.29) is 5.41 Å². The molecule has 0 radical (unpaired) electrons. The van der Waals surface area contributed by atoms with Gasteiger partial charge in [0.1, 0.15) is 0 Å². The van der Waals surface area contributed by atoms with Gasteiger partial charge >= 0.3 is 0 Å². The van der Waals surface area contributed by atoms with Crippen molar-refractivity contribution < 1.29 is 9.47 Å². The zero-order valence-corrected chi connectivity index (χ0v) is 11.5. The van der Waals surface area contributed by atoms with Crippen LogP contribution in [0.15, 0.2) is 24.8 Å². The normalized spacial score (nSPS) is 22.8. The van der Waals surface area contributed by atoms with Crippen molar-refractivity contribution in [2.45, 2.75) is 52.2 Å². The van der Waals surface area contributed by atoms with Crippen LogP contribution in [-0.2, 0) is 9.47 Å². The second-order valence-electron chi connectivity index (χ2n) is 5.43. The van der Waals surface area contributed by atoms with Crippen LogP contribution in [0.3, 0.4) is 0 Å². The van der Waals surface area contributed by atoms with E-state index >= 15 is 0 Å². The molecule has 17 heavy (non-hydrogen) atoms. The molecule has 2 heteroatoms. The molecule has 1 aliphatic heterocycles. The van der Waals surface area contributed by atoms with Gasteiger partial charge in [-0.1, -0.05) is 31.6 Å². The molecule has 0 amide bonds. The molecule has 1 rings (SSSR count). The third kappa shape index (κ3) is 4.64. The molecule has 1 aliphatic rings. The summed E-state index contributed by atoms with van der Waals surface area (Å²) in [6.45, 7) is 11.5. The molecular weight excluding hydrogens is 212 g/mol. The van der Waals surface area contributed by atoms with Crippen molar-refractivity contribution in [1.29, 1.82) is 0 Å². The van der Waals surface area contributed by atoms with E-state index < -0.39 is 5.79 Å². The number of allylic oxidation sites excluding steroid dienone is 3. The van der Waals surface area contributed by atoms with Crippen molar-refractivity contribution in [2.24, 2.45) is 5.41 Å². The average Bonchev–Trinajstić information content (AvgIpc) is 2.29. The van der Waals surface area contributed by atoms with Crippen molar-refractivity contribution in [3.8, 4) is 0 Å². The molecule has 0 atom stereocenters. The molecule has 0 aromatic carbocycles. The summed E-state index contributed by atoms with van der Waals surface area (Å²) in [5, 5.41) is 0. The first kappa shape index (κ1) is 14.5. The second-order valence-corrected chi connectivity index (χ2v) is 5.43. The Morgan fingerprint density at radius 1 is 1.12 bits per heavy atom. The van der Waals surface area contributed by atoms with Gasteiger partial charge in [-0.2, -0.15) is 0 Å². The van der Waals surface area contributed by atoms with E-state index in [2.05, 4.69) is 25.7 Å². The molecular formula is C15H26O2. The number of ether oxygens (including phenoxy) is 2. The van der Waals surface area contributed by atoms with Crippen LogP contribution in [0.25, 0.3) is 0 Å². The lowest BCUT2D eigenvalue weighted by Gasteiger charge is -2.42. The highest BCUT2D eigenvalue weighted by Crippen LogP contribution is 2.36. The molecule has 0 aliphatic carbocycles. The van der Waals surface area contributed by atoms with Gasteiger partial charge in [-0.25, -0.2) is 0 Å². The van der Waals surface area contributed by atoms with E-state index in [4.69, 9.17) is 9.47 Å². The fourth-order valence-electron chi connectivity index (χ4n) is 1.98. The maximum atomic E-state index is 5.79. The van der Waals surface area contributed by atoms with Crippen molar-refractivity contribution in [3.63, 3.8) is 0 Å². The quantitative estimate of drug-likeness (QED) is 0.649. The van der Waals surface area contributed by atoms with Crippen LogP contribution in [0.1, 0.15) is 46.5 Å². The van der Waals surface area contributed by atoms with Crippen molar-refractivity contribution >= 4 is 0 Å². The van der Waals surface area contributed by atoms with E-state index in [1.807, 2.05) is 19.9 Å². The molecule has 1 saturated heterocycles. The smallest absolute Gasteiger partial charge is 0.162 e. The van der Waals surface area contributed by atoms with Crippen LogP contribution in [0.2, 0.25) is 0 Å². The summed E-state index contributed by atoms with van der Waals surface area (Å²) in [6, 6.07) is 0. The number of hydrogen-bond donors (Lipinski definition) is 0. The minimum Gasteiger partial charge on any atom is -0.350 e. The fraction of sp³-hybridized carbons (Fsp3) is 0.733. The highest BCUT2D eigenvalue weighted by atomic mass is 16.7. The van der Waals surface area contributed by atoms with Gasteiger partial charge < -0.3 is 9.47 Å². The highest BCUT2D eigenvalue weighted by molar-refractivity contribution is 4.96. The van der Waals surface area contributed by atoms with Gasteiger partial charge in [0.15, 0.2) is 5.79 Å². The summed E-state index contributed by atoms with van der Waals surface area (Å²) in [5.74, 6) is -0.433. The molecule has 0 aromatic rings.